The monoisotopic (exact) mass is 267 g/mol. The topological polar surface area (TPSA) is 53.1 Å². The number of nitrogens with two attached hydrogens (primary N) is 1. The van der Waals surface area contributed by atoms with E-state index in [1.807, 2.05) is 16.3 Å². The Morgan fingerprint density at radius 1 is 1.56 bits per heavy atom. The van der Waals surface area contributed by atoms with Crippen LogP contribution in [0.25, 0.3) is 11.0 Å². The molecule has 2 aromatic rings. The number of imidazole rings is 1. The quantitative estimate of drug-likeness (QED) is 0.908. The number of thioether (sulfide) groups is 1. The summed E-state index contributed by atoms with van der Waals surface area (Å²) in [5.74, 6) is 2.42. The Morgan fingerprint density at radius 2 is 2.39 bits per heavy atom. The van der Waals surface area contributed by atoms with E-state index in [1.165, 1.54) is 13.2 Å². The molecule has 6 heteroatoms. The number of ether oxygens (including phenoxy) is 1. The van der Waals surface area contributed by atoms with Crippen LogP contribution in [0.15, 0.2) is 12.1 Å². The SMILES string of the molecule is COc1cc2c(cc1F)nc(N)n2C1CCSC1. The van der Waals surface area contributed by atoms with Crippen LogP contribution in [0.1, 0.15) is 12.5 Å². The lowest BCUT2D eigenvalue weighted by Gasteiger charge is -2.13. The molecule has 4 nitrogen and oxygen atoms in total. The summed E-state index contributed by atoms with van der Waals surface area (Å²) < 4.78 is 20.6. The zero-order chi connectivity index (χ0) is 12.7. The van der Waals surface area contributed by atoms with Gasteiger partial charge in [-0.05, 0) is 12.2 Å². The number of nitrogens with zero attached hydrogens (tertiary/aromatic N) is 2. The maximum absolute atomic E-state index is 13.6. The maximum atomic E-state index is 13.6. The fourth-order valence-electron chi connectivity index (χ4n) is 2.38. The number of methoxy groups -OCH3 is 1. The number of hydrogen-bond acceptors (Lipinski definition) is 4. The Bertz CT molecular complexity index is 593. The van der Waals surface area contributed by atoms with Gasteiger partial charge >= 0.3 is 0 Å². The first-order chi connectivity index (χ1) is 8.70. The molecule has 1 aliphatic heterocycles. The number of fused-ring (bicyclic) bond motifs is 1. The van der Waals surface area contributed by atoms with Crippen molar-refractivity contribution in [2.24, 2.45) is 0 Å². The van der Waals surface area contributed by atoms with E-state index in [0.717, 1.165) is 23.4 Å². The van der Waals surface area contributed by atoms with Crippen molar-refractivity contribution in [1.82, 2.24) is 9.55 Å². The largest absolute Gasteiger partial charge is 0.494 e. The lowest BCUT2D eigenvalue weighted by molar-refractivity contribution is 0.387. The molecule has 2 N–H and O–H groups in total. The van der Waals surface area contributed by atoms with Gasteiger partial charge in [0, 0.05) is 23.9 Å². The molecule has 1 aromatic heterocycles. The molecule has 1 aliphatic rings. The summed E-state index contributed by atoms with van der Waals surface area (Å²) in [6, 6.07) is 3.40. The van der Waals surface area contributed by atoms with Gasteiger partial charge in [0.2, 0.25) is 5.95 Å². The van der Waals surface area contributed by atoms with Crippen LogP contribution < -0.4 is 10.5 Å². The summed E-state index contributed by atoms with van der Waals surface area (Å²) in [6.07, 6.45) is 1.07. The minimum absolute atomic E-state index is 0.231. The van der Waals surface area contributed by atoms with Gasteiger partial charge in [0.15, 0.2) is 11.6 Å². The standard InChI is InChI=1S/C12H14FN3OS/c1-17-11-5-10-9(4-8(11)13)15-12(14)16(10)7-2-3-18-6-7/h4-5,7H,2-3,6H2,1H3,(H2,14,15). The van der Waals surface area contributed by atoms with Gasteiger partial charge in [-0.3, -0.25) is 0 Å². The number of hydrogen-bond donors (Lipinski definition) is 1. The van der Waals surface area contributed by atoms with E-state index < -0.39 is 5.82 Å². The van der Waals surface area contributed by atoms with E-state index in [-0.39, 0.29) is 5.75 Å². The molecule has 3 rings (SSSR count). The Kier molecular flexibility index (Phi) is 2.81. The number of nitrogen functional groups attached to an aromatic ring is 1. The summed E-state index contributed by atoms with van der Waals surface area (Å²) in [6.45, 7) is 0. The van der Waals surface area contributed by atoms with Crippen LogP contribution in [0, 0.1) is 5.82 Å². The molecule has 0 bridgehead atoms. The first-order valence-electron chi connectivity index (χ1n) is 5.79. The van der Waals surface area contributed by atoms with E-state index in [1.54, 1.807) is 6.07 Å². The molecule has 0 saturated carbocycles. The average molecular weight is 267 g/mol. The molecule has 0 spiro atoms. The van der Waals surface area contributed by atoms with Crippen LogP contribution in [0.3, 0.4) is 0 Å². The summed E-state index contributed by atoms with van der Waals surface area (Å²) in [5, 5.41) is 0. The third-order valence-electron chi connectivity index (χ3n) is 3.26. The van der Waals surface area contributed by atoms with Gasteiger partial charge in [0.05, 0.1) is 18.1 Å². The second-order valence-electron chi connectivity index (χ2n) is 4.33. The number of aromatic nitrogens is 2. The molecule has 1 fully saturated rings. The highest BCUT2D eigenvalue weighted by Gasteiger charge is 2.23. The van der Waals surface area contributed by atoms with Crippen molar-refractivity contribution in [3.05, 3.63) is 17.9 Å². The number of rotatable bonds is 2. The minimum atomic E-state index is -0.407. The van der Waals surface area contributed by atoms with Gasteiger partial charge in [-0.1, -0.05) is 0 Å². The van der Waals surface area contributed by atoms with Gasteiger partial charge in [0.25, 0.3) is 0 Å². The second kappa shape index (κ2) is 4.35. The normalized spacial score (nSPS) is 19.6. The predicted octanol–water partition coefficient (Wildman–Crippen LogP) is 2.44. The fourth-order valence-corrected chi connectivity index (χ4v) is 3.57. The third-order valence-corrected chi connectivity index (χ3v) is 4.41. The van der Waals surface area contributed by atoms with E-state index in [4.69, 9.17) is 10.5 Å². The van der Waals surface area contributed by atoms with Crippen molar-refractivity contribution in [3.63, 3.8) is 0 Å². The average Bonchev–Trinajstić information content (AvgIpc) is 2.94. The van der Waals surface area contributed by atoms with E-state index in [0.29, 0.717) is 17.5 Å². The second-order valence-corrected chi connectivity index (χ2v) is 5.48. The van der Waals surface area contributed by atoms with Crippen molar-refractivity contribution in [2.45, 2.75) is 12.5 Å². The van der Waals surface area contributed by atoms with Crippen molar-refractivity contribution >= 4 is 28.7 Å². The Hall–Kier alpha value is -1.43. The van der Waals surface area contributed by atoms with Crippen LogP contribution in [0.4, 0.5) is 10.3 Å². The molecule has 1 saturated heterocycles. The Labute approximate surface area is 108 Å². The summed E-state index contributed by atoms with van der Waals surface area (Å²) in [7, 11) is 1.46. The van der Waals surface area contributed by atoms with Gasteiger partial charge in [-0.25, -0.2) is 9.37 Å². The van der Waals surface area contributed by atoms with Gasteiger partial charge in [-0.15, -0.1) is 0 Å². The van der Waals surface area contributed by atoms with Gasteiger partial charge in [-0.2, -0.15) is 11.8 Å². The van der Waals surface area contributed by atoms with Crippen molar-refractivity contribution in [2.75, 3.05) is 24.3 Å². The molecule has 0 amide bonds. The number of benzene rings is 1. The zero-order valence-electron chi connectivity index (χ0n) is 10.0. The third kappa shape index (κ3) is 1.71. The summed E-state index contributed by atoms with van der Waals surface area (Å²) in [5.41, 5.74) is 7.39. The van der Waals surface area contributed by atoms with E-state index >= 15 is 0 Å². The summed E-state index contributed by atoms with van der Waals surface area (Å²) >= 11 is 1.90. The maximum Gasteiger partial charge on any atom is 0.201 e. The zero-order valence-corrected chi connectivity index (χ0v) is 10.8. The van der Waals surface area contributed by atoms with Crippen LogP contribution in [-0.2, 0) is 0 Å². The molecule has 2 heterocycles. The van der Waals surface area contributed by atoms with Crippen LogP contribution in [-0.4, -0.2) is 28.2 Å². The lowest BCUT2D eigenvalue weighted by Crippen LogP contribution is -2.11. The minimum Gasteiger partial charge on any atom is -0.494 e. The van der Waals surface area contributed by atoms with Crippen molar-refractivity contribution in [3.8, 4) is 5.75 Å². The molecule has 0 aliphatic carbocycles. The molecule has 1 unspecified atom stereocenters. The van der Waals surface area contributed by atoms with Gasteiger partial charge < -0.3 is 15.0 Å². The molecule has 1 atom stereocenters. The summed E-state index contributed by atoms with van der Waals surface area (Å²) in [4.78, 5) is 4.23. The van der Waals surface area contributed by atoms with Crippen molar-refractivity contribution in [1.29, 1.82) is 0 Å². The van der Waals surface area contributed by atoms with Crippen molar-refractivity contribution < 1.29 is 9.13 Å². The molecule has 18 heavy (non-hydrogen) atoms. The van der Waals surface area contributed by atoms with Crippen LogP contribution in [0.2, 0.25) is 0 Å². The first-order valence-corrected chi connectivity index (χ1v) is 6.95. The van der Waals surface area contributed by atoms with Gasteiger partial charge in [0.1, 0.15) is 0 Å². The molecule has 1 aromatic carbocycles. The van der Waals surface area contributed by atoms with Crippen LogP contribution >= 0.6 is 11.8 Å². The molecular formula is C12H14FN3OS. The Balaban J connectivity index is 2.20. The highest BCUT2D eigenvalue weighted by atomic mass is 32.2. The molecule has 0 radical (unpaired) electrons. The molecule has 96 valence electrons. The Morgan fingerprint density at radius 3 is 3.06 bits per heavy atom. The van der Waals surface area contributed by atoms with E-state index in [2.05, 4.69) is 4.98 Å². The van der Waals surface area contributed by atoms with Crippen LogP contribution in [0.5, 0.6) is 5.75 Å². The molecular weight excluding hydrogens is 253 g/mol. The fraction of sp³-hybridized carbons (Fsp3) is 0.417. The lowest BCUT2D eigenvalue weighted by atomic mass is 10.2. The smallest absolute Gasteiger partial charge is 0.201 e. The highest BCUT2D eigenvalue weighted by molar-refractivity contribution is 7.99. The number of anilines is 1. The number of halogens is 1. The van der Waals surface area contributed by atoms with E-state index in [9.17, 15) is 4.39 Å². The highest BCUT2D eigenvalue weighted by Crippen LogP contribution is 2.34. The first kappa shape index (κ1) is 11.6. The predicted molar refractivity (Wildman–Crippen MR) is 71.6 cm³/mol.